The molecule has 1 heterocycles. The molecule has 4 rings (SSSR count). The van der Waals surface area contributed by atoms with Gasteiger partial charge in [-0.25, -0.2) is 4.79 Å². The van der Waals surface area contributed by atoms with Gasteiger partial charge >= 0.3 is 5.97 Å². The Morgan fingerprint density at radius 3 is 2.26 bits per heavy atom. The first-order chi connectivity index (χ1) is 15.2. The Morgan fingerprint density at radius 1 is 0.903 bits per heavy atom. The third-order valence-corrected chi connectivity index (χ3v) is 5.40. The number of hydrogen-bond acceptors (Lipinski definition) is 3. The van der Waals surface area contributed by atoms with E-state index in [0.29, 0.717) is 5.75 Å². The molecule has 4 aromatic rings. The molecule has 4 nitrogen and oxygen atoms in total. The normalized spacial score (nSPS) is 11.9. The molecule has 0 saturated carbocycles. The van der Waals surface area contributed by atoms with E-state index in [9.17, 15) is 4.79 Å². The van der Waals surface area contributed by atoms with Gasteiger partial charge in [-0.15, -0.1) is 0 Å². The standard InChI is InChI=1S/C27H27NO3/c1-3-23-17-24-25(28(23)18-21-11-6-4-7-12-21)15-10-16-26(24)31-20(2)27(29)30-19-22-13-8-5-9-14-22/h4-17,20H,3,18-19H2,1-2H3/t20-/m0/s1. The Labute approximate surface area is 183 Å². The summed E-state index contributed by atoms with van der Waals surface area (Å²) in [7, 11) is 0. The highest BCUT2D eigenvalue weighted by Gasteiger charge is 2.19. The average Bonchev–Trinajstić information content (AvgIpc) is 3.17. The minimum Gasteiger partial charge on any atom is -0.478 e. The number of benzene rings is 3. The van der Waals surface area contributed by atoms with Crippen LogP contribution in [0.4, 0.5) is 0 Å². The van der Waals surface area contributed by atoms with Crippen LogP contribution < -0.4 is 4.74 Å². The predicted molar refractivity (Wildman–Crippen MR) is 123 cm³/mol. The Bertz CT molecular complexity index is 1150. The first-order valence-electron chi connectivity index (χ1n) is 10.7. The number of esters is 1. The zero-order valence-corrected chi connectivity index (χ0v) is 18.0. The van der Waals surface area contributed by atoms with Crippen molar-refractivity contribution >= 4 is 16.9 Å². The van der Waals surface area contributed by atoms with Crippen LogP contribution in [-0.4, -0.2) is 16.6 Å². The minimum atomic E-state index is -0.697. The van der Waals surface area contributed by atoms with E-state index in [1.54, 1.807) is 6.92 Å². The molecule has 31 heavy (non-hydrogen) atoms. The van der Waals surface area contributed by atoms with Crippen molar-refractivity contribution in [3.8, 4) is 5.75 Å². The molecule has 3 aromatic carbocycles. The van der Waals surface area contributed by atoms with Gasteiger partial charge in [0.25, 0.3) is 0 Å². The minimum absolute atomic E-state index is 0.241. The number of nitrogens with zero attached hydrogens (tertiary/aromatic N) is 1. The van der Waals surface area contributed by atoms with Gasteiger partial charge in [-0.3, -0.25) is 0 Å². The molecule has 0 aliphatic carbocycles. The number of fused-ring (bicyclic) bond motifs is 1. The lowest BCUT2D eigenvalue weighted by Crippen LogP contribution is -2.26. The second-order valence-electron chi connectivity index (χ2n) is 7.60. The Hall–Kier alpha value is -3.53. The zero-order chi connectivity index (χ0) is 21.6. The number of aryl methyl sites for hydroxylation is 1. The number of carbonyl (C=O) groups excluding carboxylic acids is 1. The van der Waals surface area contributed by atoms with E-state index in [2.05, 4.69) is 47.9 Å². The summed E-state index contributed by atoms with van der Waals surface area (Å²) in [4.78, 5) is 12.5. The van der Waals surface area contributed by atoms with Crippen molar-refractivity contribution in [2.24, 2.45) is 0 Å². The monoisotopic (exact) mass is 413 g/mol. The molecule has 0 bridgehead atoms. The molecule has 0 N–H and O–H groups in total. The molecular weight excluding hydrogens is 386 g/mol. The van der Waals surface area contributed by atoms with E-state index < -0.39 is 6.10 Å². The summed E-state index contributed by atoms with van der Waals surface area (Å²) in [5.41, 5.74) is 4.53. The quantitative estimate of drug-likeness (QED) is 0.345. The van der Waals surface area contributed by atoms with Gasteiger partial charge in [0.1, 0.15) is 12.4 Å². The summed E-state index contributed by atoms with van der Waals surface area (Å²) >= 11 is 0. The number of carbonyl (C=O) groups is 1. The highest BCUT2D eigenvalue weighted by Crippen LogP contribution is 2.31. The maximum atomic E-state index is 12.5. The van der Waals surface area contributed by atoms with Crippen molar-refractivity contribution in [1.82, 2.24) is 4.57 Å². The summed E-state index contributed by atoms with van der Waals surface area (Å²) in [5.74, 6) is 0.323. The molecule has 0 unspecified atom stereocenters. The topological polar surface area (TPSA) is 40.5 Å². The summed E-state index contributed by atoms with van der Waals surface area (Å²) < 4.78 is 13.8. The van der Waals surface area contributed by atoms with Gasteiger partial charge in [0.05, 0.1) is 5.52 Å². The van der Waals surface area contributed by atoms with E-state index in [1.165, 1.54) is 11.3 Å². The zero-order valence-electron chi connectivity index (χ0n) is 18.0. The lowest BCUT2D eigenvalue weighted by atomic mass is 10.2. The second-order valence-corrected chi connectivity index (χ2v) is 7.60. The maximum absolute atomic E-state index is 12.5. The molecule has 1 aromatic heterocycles. The predicted octanol–water partition coefficient (Wildman–Crippen LogP) is 5.76. The summed E-state index contributed by atoms with van der Waals surface area (Å²) in [5, 5.41) is 1.01. The number of ether oxygens (including phenoxy) is 2. The van der Waals surface area contributed by atoms with Crippen molar-refractivity contribution < 1.29 is 14.3 Å². The SMILES string of the molecule is CCc1cc2c(O[C@@H](C)C(=O)OCc3ccccc3)cccc2n1Cc1ccccc1. The molecule has 0 spiro atoms. The lowest BCUT2D eigenvalue weighted by Gasteiger charge is -2.15. The first kappa shape index (κ1) is 20.7. The fraction of sp³-hybridized carbons (Fsp3) is 0.222. The first-order valence-corrected chi connectivity index (χ1v) is 10.7. The molecule has 4 heteroatoms. The summed E-state index contributed by atoms with van der Waals surface area (Å²) in [6.07, 6.45) is 0.215. The van der Waals surface area contributed by atoms with Gasteiger partial charge < -0.3 is 14.0 Å². The van der Waals surface area contributed by atoms with E-state index in [0.717, 1.165) is 29.4 Å². The van der Waals surface area contributed by atoms with Gasteiger partial charge in [0, 0.05) is 17.6 Å². The van der Waals surface area contributed by atoms with Crippen LogP contribution in [0.3, 0.4) is 0 Å². The van der Waals surface area contributed by atoms with Crippen LogP contribution in [0, 0.1) is 0 Å². The fourth-order valence-corrected chi connectivity index (χ4v) is 3.75. The van der Waals surface area contributed by atoms with E-state index in [1.807, 2.05) is 48.5 Å². The Kier molecular flexibility index (Phi) is 6.37. The highest BCUT2D eigenvalue weighted by atomic mass is 16.6. The highest BCUT2D eigenvalue weighted by molar-refractivity contribution is 5.88. The largest absolute Gasteiger partial charge is 0.478 e. The van der Waals surface area contributed by atoms with Gasteiger partial charge in [0.15, 0.2) is 6.10 Å². The molecule has 0 radical (unpaired) electrons. The van der Waals surface area contributed by atoms with E-state index >= 15 is 0 Å². The van der Waals surface area contributed by atoms with Gasteiger partial charge in [-0.05, 0) is 42.7 Å². The molecule has 0 amide bonds. The number of aromatic nitrogens is 1. The lowest BCUT2D eigenvalue weighted by molar-refractivity contribution is -0.152. The van der Waals surface area contributed by atoms with Crippen LogP contribution >= 0.6 is 0 Å². The average molecular weight is 414 g/mol. The van der Waals surface area contributed by atoms with Crippen LogP contribution in [0.25, 0.3) is 10.9 Å². The number of hydrogen-bond donors (Lipinski definition) is 0. The van der Waals surface area contributed by atoms with Gasteiger partial charge in [-0.2, -0.15) is 0 Å². The molecule has 0 saturated heterocycles. The molecule has 1 atom stereocenters. The molecular formula is C27H27NO3. The van der Waals surface area contributed by atoms with E-state index in [-0.39, 0.29) is 12.6 Å². The molecule has 0 fully saturated rings. The van der Waals surface area contributed by atoms with Crippen LogP contribution in [-0.2, 0) is 29.1 Å². The third-order valence-electron chi connectivity index (χ3n) is 5.40. The van der Waals surface area contributed by atoms with Crippen molar-refractivity contribution in [3.63, 3.8) is 0 Å². The van der Waals surface area contributed by atoms with Gasteiger partial charge in [-0.1, -0.05) is 73.7 Å². The van der Waals surface area contributed by atoms with Crippen LogP contribution in [0.1, 0.15) is 30.7 Å². The third kappa shape index (κ3) is 4.80. The second kappa shape index (κ2) is 9.52. The summed E-state index contributed by atoms with van der Waals surface area (Å²) in [6, 6.07) is 28.2. The molecule has 0 aliphatic heterocycles. The van der Waals surface area contributed by atoms with Crippen molar-refractivity contribution in [2.45, 2.75) is 39.5 Å². The molecule has 0 aliphatic rings. The van der Waals surface area contributed by atoms with Crippen molar-refractivity contribution in [2.75, 3.05) is 0 Å². The van der Waals surface area contributed by atoms with Crippen molar-refractivity contribution in [1.29, 1.82) is 0 Å². The molecule has 158 valence electrons. The Morgan fingerprint density at radius 2 is 1.58 bits per heavy atom. The fourth-order valence-electron chi connectivity index (χ4n) is 3.75. The maximum Gasteiger partial charge on any atom is 0.347 e. The van der Waals surface area contributed by atoms with Crippen LogP contribution in [0.15, 0.2) is 84.9 Å². The van der Waals surface area contributed by atoms with Crippen LogP contribution in [0.2, 0.25) is 0 Å². The van der Waals surface area contributed by atoms with Gasteiger partial charge in [0.2, 0.25) is 0 Å². The van der Waals surface area contributed by atoms with Crippen LogP contribution in [0.5, 0.6) is 5.75 Å². The Balaban J connectivity index is 1.53. The summed E-state index contributed by atoms with van der Waals surface area (Å²) in [6.45, 7) is 4.92. The smallest absolute Gasteiger partial charge is 0.347 e. The van der Waals surface area contributed by atoms with Crippen molar-refractivity contribution in [3.05, 3.63) is 102 Å². The van der Waals surface area contributed by atoms with E-state index in [4.69, 9.17) is 9.47 Å². The number of rotatable bonds is 8.